The van der Waals surface area contributed by atoms with Crippen LogP contribution in [0.1, 0.15) is 33.2 Å². The van der Waals surface area contributed by atoms with Crippen molar-refractivity contribution in [3.05, 3.63) is 68.6 Å². The number of sulfonamides is 1. The summed E-state index contributed by atoms with van der Waals surface area (Å²) in [6.45, 7) is 1.75. The van der Waals surface area contributed by atoms with Gasteiger partial charge in [0, 0.05) is 11.3 Å². The second-order valence-corrected chi connectivity index (χ2v) is 9.21. The summed E-state index contributed by atoms with van der Waals surface area (Å²) in [5, 5.41) is 7.49. The molecule has 0 radical (unpaired) electrons. The molecule has 3 rings (SSSR count). The standard InChI is InChI=1S/C18H16ClFN4O3S2/c1-11-18(28-10-21-11)7-6-17(25)16-5-2-12(23-24-16)9-22-29(26,27)13-3-4-15(20)14(19)8-13/h2-5,8,10,22H,6-7,9H2,1H3. The minimum absolute atomic E-state index is 0.140. The maximum atomic E-state index is 13.2. The summed E-state index contributed by atoms with van der Waals surface area (Å²) >= 11 is 7.13. The molecule has 0 spiro atoms. The molecule has 0 amide bonds. The smallest absolute Gasteiger partial charge is 0.240 e. The number of nitrogens with zero attached hydrogens (tertiary/aromatic N) is 3. The fraction of sp³-hybridized carbons (Fsp3) is 0.222. The Bertz CT molecular complexity index is 1130. The number of carbonyl (C=O) groups is 1. The van der Waals surface area contributed by atoms with Crippen LogP contribution in [0.3, 0.4) is 0 Å². The Labute approximate surface area is 176 Å². The van der Waals surface area contributed by atoms with Gasteiger partial charge in [-0.25, -0.2) is 22.5 Å². The number of nitrogens with one attached hydrogen (secondary N) is 1. The third-order valence-electron chi connectivity index (χ3n) is 4.07. The van der Waals surface area contributed by atoms with Crippen LogP contribution in [-0.2, 0) is 23.0 Å². The molecule has 0 saturated heterocycles. The molecule has 0 saturated carbocycles. The number of aromatic nitrogens is 3. The Morgan fingerprint density at radius 1 is 1.24 bits per heavy atom. The highest BCUT2D eigenvalue weighted by molar-refractivity contribution is 7.89. The highest BCUT2D eigenvalue weighted by atomic mass is 35.5. The van der Waals surface area contributed by atoms with E-state index in [0.717, 1.165) is 28.8 Å². The number of carbonyl (C=O) groups excluding carboxylic acids is 1. The van der Waals surface area contributed by atoms with Crippen LogP contribution in [0, 0.1) is 12.7 Å². The highest BCUT2D eigenvalue weighted by Gasteiger charge is 2.16. The first-order valence-corrected chi connectivity index (χ1v) is 11.2. The number of benzene rings is 1. The van der Waals surface area contributed by atoms with Gasteiger partial charge in [0.1, 0.15) is 11.5 Å². The van der Waals surface area contributed by atoms with Crippen molar-refractivity contribution in [1.82, 2.24) is 19.9 Å². The molecule has 0 atom stereocenters. The van der Waals surface area contributed by atoms with Crippen LogP contribution >= 0.6 is 22.9 Å². The molecule has 0 aliphatic heterocycles. The Morgan fingerprint density at radius 2 is 2.03 bits per heavy atom. The molecule has 0 aliphatic carbocycles. The van der Waals surface area contributed by atoms with Crippen molar-refractivity contribution in [2.24, 2.45) is 0 Å². The van der Waals surface area contributed by atoms with Crippen LogP contribution < -0.4 is 4.72 Å². The average molecular weight is 455 g/mol. The van der Waals surface area contributed by atoms with E-state index >= 15 is 0 Å². The predicted molar refractivity (Wildman–Crippen MR) is 107 cm³/mol. The number of Topliss-reactive ketones (excluding diaryl/α,β-unsaturated/α-hetero) is 1. The molecule has 0 unspecified atom stereocenters. The fourth-order valence-corrected chi connectivity index (χ4v) is 4.47. The van der Waals surface area contributed by atoms with Crippen molar-refractivity contribution in [3.63, 3.8) is 0 Å². The third-order valence-corrected chi connectivity index (χ3v) is 6.76. The zero-order valence-corrected chi connectivity index (χ0v) is 17.6. The normalized spacial score (nSPS) is 11.6. The minimum atomic E-state index is -3.90. The lowest BCUT2D eigenvalue weighted by Crippen LogP contribution is -2.24. The van der Waals surface area contributed by atoms with E-state index in [4.69, 9.17) is 11.6 Å². The molecule has 2 aromatic heterocycles. The van der Waals surface area contributed by atoms with E-state index in [-0.39, 0.29) is 34.4 Å². The van der Waals surface area contributed by atoms with Crippen molar-refractivity contribution in [3.8, 4) is 0 Å². The molecule has 11 heteroatoms. The van der Waals surface area contributed by atoms with Gasteiger partial charge in [0.2, 0.25) is 10.0 Å². The van der Waals surface area contributed by atoms with Gasteiger partial charge in [-0.15, -0.1) is 16.4 Å². The summed E-state index contributed by atoms with van der Waals surface area (Å²) in [6, 6.07) is 6.15. The van der Waals surface area contributed by atoms with E-state index in [1.165, 1.54) is 23.5 Å². The van der Waals surface area contributed by atoms with Crippen molar-refractivity contribution >= 4 is 38.7 Å². The summed E-state index contributed by atoms with van der Waals surface area (Å²) in [5.41, 5.74) is 3.20. The summed E-state index contributed by atoms with van der Waals surface area (Å²) in [5.74, 6) is -0.861. The fourth-order valence-electron chi connectivity index (χ4n) is 2.42. The number of hydrogen-bond acceptors (Lipinski definition) is 7. The van der Waals surface area contributed by atoms with Gasteiger partial charge in [-0.1, -0.05) is 11.6 Å². The van der Waals surface area contributed by atoms with Crippen molar-refractivity contribution in [2.75, 3.05) is 0 Å². The first-order valence-electron chi connectivity index (χ1n) is 8.46. The first-order chi connectivity index (χ1) is 13.8. The number of rotatable bonds is 8. The van der Waals surface area contributed by atoms with E-state index in [9.17, 15) is 17.6 Å². The van der Waals surface area contributed by atoms with E-state index in [1.54, 1.807) is 5.51 Å². The van der Waals surface area contributed by atoms with Crippen LogP contribution in [-0.4, -0.2) is 29.4 Å². The molecular weight excluding hydrogens is 439 g/mol. The lowest BCUT2D eigenvalue weighted by atomic mass is 10.1. The number of thiazole rings is 1. The van der Waals surface area contributed by atoms with E-state index < -0.39 is 15.8 Å². The van der Waals surface area contributed by atoms with Gasteiger partial charge < -0.3 is 0 Å². The summed E-state index contributed by atoms with van der Waals surface area (Å²) in [6.07, 6.45) is 0.869. The second-order valence-electron chi connectivity index (χ2n) is 6.09. The van der Waals surface area contributed by atoms with Crippen LogP contribution in [0.15, 0.2) is 40.7 Å². The maximum Gasteiger partial charge on any atom is 0.240 e. The van der Waals surface area contributed by atoms with E-state index in [2.05, 4.69) is 19.9 Å². The molecule has 2 heterocycles. The lowest BCUT2D eigenvalue weighted by Gasteiger charge is -2.07. The van der Waals surface area contributed by atoms with Crippen LogP contribution in [0.5, 0.6) is 0 Å². The molecule has 29 heavy (non-hydrogen) atoms. The molecule has 152 valence electrons. The van der Waals surface area contributed by atoms with Gasteiger partial charge in [-0.3, -0.25) is 4.79 Å². The Hall–Kier alpha value is -2.27. The molecule has 1 N–H and O–H groups in total. The first kappa shape index (κ1) is 21.4. The van der Waals surface area contributed by atoms with Gasteiger partial charge in [0.05, 0.1) is 33.4 Å². The molecule has 0 aliphatic rings. The van der Waals surface area contributed by atoms with Crippen molar-refractivity contribution in [1.29, 1.82) is 0 Å². The Balaban J connectivity index is 1.59. The summed E-state index contributed by atoms with van der Waals surface area (Å²) in [4.78, 5) is 17.3. The van der Waals surface area contributed by atoms with Gasteiger partial charge in [0.25, 0.3) is 0 Å². The maximum absolute atomic E-state index is 13.2. The zero-order chi connectivity index (χ0) is 21.0. The average Bonchev–Trinajstić information content (AvgIpc) is 3.12. The largest absolute Gasteiger partial charge is 0.292 e. The zero-order valence-electron chi connectivity index (χ0n) is 15.2. The number of hydrogen-bond donors (Lipinski definition) is 1. The van der Waals surface area contributed by atoms with Crippen LogP contribution in [0.4, 0.5) is 4.39 Å². The quantitative estimate of drug-likeness (QED) is 0.524. The minimum Gasteiger partial charge on any atom is -0.292 e. The summed E-state index contributed by atoms with van der Waals surface area (Å²) < 4.78 is 40.1. The third kappa shape index (κ3) is 5.41. The van der Waals surface area contributed by atoms with Crippen LogP contribution in [0.2, 0.25) is 5.02 Å². The highest BCUT2D eigenvalue weighted by Crippen LogP contribution is 2.19. The van der Waals surface area contributed by atoms with Gasteiger partial charge >= 0.3 is 0 Å². The van der Waals surface area contributed by atoms with Crippen molar-refractivity contribution in [2.45, 2.75) is 31.2 Å². The summed E-state index contributed by atoms with van der Waals surface area (Å²) in [7, 11) is -3.90. The molecular formula is C18H16ClFN4O3S2. The number of ketones is 1. The molecule has 0 fully saturated rings. The van der Waals surface area contributed by atoms with Crippen molar-refractivity contribution < 1.29 is 17.6 Å². The van der Waals surface area contributed by atoms with Gasteiger partial charge in [-0.2, -0.15) is 5.10 Å². The molecule has 1 aromatic carbocycles. The van der Waals surface area contributed by atoms with E-state index in [0.29, 0.717) is 12.1 Å². The predicted octanol–water partition coefficient (Wildman–Crippen LogP) is 3.33. The lowest BCUT2D eigenvalue weighted by molar-refractivity contribution is 0.0977. The Kier molecular flexibility index (Phi) is 6.68. The van der Waals surface area contributed by atoms with Crippen LogP contribution in [0.25, 0.3) is 0 Å². The second kappa shape index (κ2) is 9.04. The number of aryl methyl sites for hydroxylation is 2. The molecule has 7 nitrogen and oxygen atoms in total. The van der Waals surface area contributed by atoms with E-state index in [1.807, 2.05) is 6.92 Å². The molecule has 3 aromatic rings. The topological polar surface area (TPSA) is 102 Å². The monoisotopic (exact) mass is 454 g/mol. The van der Waals surface area contributed by atoms with Gasteiger partial charge in [0.15, 0.2) is 5.78 Å². The van der Waals surface area contributed by atoms with Gasteiger partial charge in [-0.05, 0) is 43.7 Å². The molecule has 0 bridgehead atoms. The Morgan fingerprint density at radius 3 is 2.66 bits per heavy atom. The SMILES string of the molecule is Cc1ncsc1CCC(=O)c1ccc(CNS(=O)(=O)c2ccc(F)c(Cl)c2)nn1. The number of halogens is 2.